The van der Waals surface area contributed by atoms with E-state index in [0.29, 0.717) is 5.56 Å². The smallest absolute Gasteiger partial charge is 0.207 e. The fourth-order valence-electron chi connectivity index (χ4n) is 1.65. The Bertz CT molecular complexity index is 526. The van der Waals surface area contributed by atoms with Crippen molar-refractivity contribution in [2.75, 3.05) is 7.05 Å². The molecule has 0 spiro atoms. The number of aryl methyl sites for hydroxylation is 1. The van der Waals surface area contributed by atoms with E-state index in [9.17, 15) is 12.8 Å². The summed E-state index contributed by atoms with van der Waals surface area (Å²) in [6, 6.07) is 3.68. The Labute approximate surface area is 109 Å². The number of sulfonamides is 1. The topological polar surface area (TPSA) is 37.4 Å². The summed E-state index contributed by atoms with van der Waals surface area (Å²) in [6.07, 6.45) is 0. The molecule has 0 saturated carbocycles. The van der Waals surface area contributed by atoms with Crippen LogP contribution >= 0.6 is 0 Å². The van der Waals surface area contributed by atoms with E-state index in [0.717, 1.165) is 6.07 Å². The summed E-state index contributed by atoms with van der Waals surface area (Å²) < 4.78 is 39.3. The van der Waals surface area contributed by atoms with Gasteiger partial charge in [0.15, 0.2) is 0 Å². The van der Waals surface area contributed by atoms with E-state index in [1.807, 2.05) is 20.8 Å². The van der Waals surface area contributed by atoms with Crippen molar-refractivity contribution >= 4 is 10.0 Å². The highest BCUT2D eigenvalue weighted by atomic mass is 32.2. The molecule has 0 heterocycles. The monoisotopic (exact) mass is 273 g/mol. The van der Waals surface area contributed by atoms with Gasteiger partial charge in [0, 0.05) is 13.1 Å². The van der Waals surface area contributed by atoms with Crippen molar-refractivity contribution in [3.8, 4) is 0 Å². The third kappa shape index (κ3) is 2.90. The molecule has 1 aromatic rings. The molecule has 0 fully saturated rings. The Morgan fingerprint density at radius 3 is 2.28 bits per heavy atom. The lowest BCUT2D eigenvalue weighted by Crippen LogP contribution is -2.38. The van der Waals surface area contributed by atoms with Crippen molar-refractivity contribution in [2.24, 2.45) is 5.92 Å². The molecule has 5 heteroatoms. The molecule has 1 aromatic carbocycles. The first-order valence-corrected chi connectivity index (χ1v) is 7.36. The van der Waals surface area contributed by atoms with Crippen molar-refractivity contribution in [3.63, 3.8) is 0 Å². The van der Waals surface area contributed by atoms with Crippen molar-refractivity contribution in [1.82, 2.24) is 4.31 Å². The zero-order valence-electron chi connectivity index (χ0n) is 11.4. The third-order valence-corrected chi connectivity index (χ3v) is 5.43. The van der Waals surface area contributed by atoms with Gasteiger partial charge in [0.2, 0.25) is 10.0 Å². The number of hydrogen-bond donors (Lipinski definition) is 0. The normalized spacial score (nSPS) is 14.2. The zero-order chi connectivity index (χ0) is 14.1. The maximum Gasteiger partial charge on any atom is 0.243 e. The maximum atomic E-state index is 13.2. The average Bonchev–Trinajstić information content (AvgIpc) is 2.29. The van der Waals surface area contributed by atoms with Crippen molar-refractivity contribution in [3.05, 3.63) is 29.6 Å². The standard InChI is InChI=1S/C13H20FNO2S/c1-9(2)11(4)15(5)18(16,17)13-8-12(14)7-6-10(13)3/h6-9,11H,1-5H3. The quantitative estimate of drug-likeness (QED) is 0.846. The van der Waals surface area contributed by atoms with Gasteiger partial charge in [-0.1, -0.05) is 19.9 Å². The molecule has 1 unspecified atom stereocenters. The molecule has 0 saturated heterocycles. The highest BCUT2D eigenvalue weighted by Crippen LogP contribution is 2.23. The predicted octanol–water partition coefficient (Wildman–Crippen LogP) is 2.80. The zero-order valence-corrected chi connectivity index (χ0v) is 12.3. The fraction of sp³-hybridized carbons (Fsp3) is 0.538. The molecule has 0 amide bonds. The Morgan fingerprint density at radius 2 is 1.78 bits per heavy atom. The van der Waals surface area contributed by atoms with Gasteiger partial charge in [0.25, 0.3) is 0 Å². The van der Waals surface area contributed by atoms with E-state index in [1.54, 1.807) is 6.92 Å². The lowest BCUT2D eigenvalue weighted by molar-refractivity contribution is 0.315. The summed E-state index contributed by atoms with van der Waals surface area (Å²) in [5.74, 6) is -0.344. The van der Waals surface area contributed by atoms with Crippen LogP contribution in [0.2, 0.25) is 0 Å². The van der Waals surface area contributed by atoms with E-state index in [2.05, 4.69) is 0 Å². The van der Waals surface area contributed by atoms with Gasteiger partial charge in [-0.2, -0.15) is 4.31 Å². The van der Waals surface area contributed by atoms with Gasteiger partial charge in [-0.15, -0.1) is 0 Å². The van der Waals surface area contributed by atoms with Gasteiger partial charge in [-0.25, -0.2) is 12.8 Å². The third-order valence-electron chi connectivity index (χ3n) is 3.35. The summed E-state index contributed by atoms with van der Waals surface area (Å²) >= 11 is 0. The van der Waals surface area contributed by atoms with Crippen LogP contribution in [0.3, 0.4) is 0 Å². The Morgan fingerprint density at radius 1 is 1.22 bits per heavy atom. The highest BCUT2D eigenvalue weighted by molar-refractivity contribution is 7.89. The Hall–Kier alpha value is -0.940. The molecule has 0 N–H and O–H groups in total. The minimum absolute atomic E-state index is 0.0394. The van der Waals surface area contributed by atoms with Gasteiger partial charge >= 0.3 is 0 Å². The predicted molar refractivity (Wildman–Crippen MR) is 70.4 cm³/mol. The molecule has 0 aliphatic rings. The summed E-state index contributed by atoms with van der Waals surface area (Å²) in [7, 11) is -2.11. The van der Waals surface area contributed by atoms with Gasteiger partial charge in [-0.05, 0) is 37.5 Å². The van der Waals surface area contributed by atoms with E-state index < -0.39 is 15.8 Å². The van der Waals surface area contributed by atoms with E-state index >= 15 is 0 Å². The molecule has 1 rings (SSSR count). The first kappa shape index (κ1) is 15.1. The highest BCUT2D eigenvalue weighted by Gasteiger charge is 2.28. The minimum atomic E-state index is -3.64. The van der Waals surface area contributed by atoms with Crippen LogP contribution in [0.5, 0.6) is 0 Å². The molecule has 0 aliphatic carbocycles. The van der Waals surface area contributed by atoms with Crippen LogP contribution in [0.15, 0.2) is 23.1 Å². The van der Waals surface area contributed by atoms with Crippen LogP contribution < -0.4 is 0 Å². The lowest BCUT2D eigenvalue weighted by atomic mass is 10.1. The summed E-state index contributed by atoms with van der Waals surface area (Å²) in [4.78, 5) is 0.0394. The van der Waals surface area contributed by atoms with Gasteiger partial charge in [-0.3, -0.25) is 0 Å². The number of rotatable bonds is 4. The van der Waals surface area contributed by atoms with Crippen molar-refractivity contribution < 1.29 is 12.8 Å². The number of benzene rings is 1. The van der Waals surface area contributed by atoms with E-state index in [1.165, 1.54) is 23.5 Å². The molecule has 3 nitrogen and oxygen atoms in total. The summed E-state index contributed by atoms with van der Waals surface area (Å²) in [5.41, 5.74) is 0.555. The Kier molecular flexibility index (Phi) is 4.50. The van der Waals surface area contributed by atoms with Crippen LogP contribution in [-0.4, -0.2) is 25.8 Å². The second kappa shape index (κ2) is 5.36. The second-order valence-corrected chi connectivity index (χ2v) is 6.88. The van der Waals surface area contributed by atoms with Crippen LogP contribution in [0.4, 0.5) is 4.39 Å². The van der Waals surface area contributed by atoms with Crippen LogP contribution in [0, 0.1) is 18.7 Å². The van der Waals surface area contributed by atoms with E-state index in [4.69, 9.17) is 0 Å². The molecule has 0 aliphatic heterocycles. The lowest BCUT2D eigenvalue weighted by Gasteiger charge is -2.27. The molecule has 0 radical (unpaired) electrons. The van der Waals surface area contributed by atoms with Crippen LogP contribution in [-0.2, 0) is 10.0 Å². The van der Waals surface area contributed by atoms with Gasteiger partial charge in [0.05, 0.1) is 4.90 Å². The van der Waals surface area contributed by atoms with Crippen LogP contribution in [0.1, 0.15) is 26.3 Å². The van der Waals surface area contributed by atoms with Gasteiger partial charge in [0.1, 0.15) is 5.82 Å². The van der Waals surface area contributed by atoms with E-state index in [-0.39, 0.29) is 16.9 Å². The molecule has 0 bridgehead atoms. The molecular formula is C13H20FNO2S. The van der Waals surface area contributed by atoms with Crippen molar-refractivity contribution in [2.45, 2.75) is 38.6 Å². The fourth-order valence-corrected chi connectivity index (χ4v) is 3.37. The molecule has 102 valence electrons. The first-order chi connectivity index (χ1) is 8.17. The minimum Gasteiger partial charge on any atom is -0.207 e. The summed E-state index contributed by atoms with van der Waals surface area (Å²) in [6.45, 7) is 7.42. The summed E-state index contributed by atoms with van der Waals surface area (Å²) in [5, 5.41) is 0. The Balaban J connectivity index is 3.25. The average molecular weight is 273 g/mol. The number of halogens is 1. The van der Waals surface area contributed by atoms with Crippen LogP contribution in [0.25, 0.3) is 0 Å². The number of hydrogen-bond acceptors (Lipinski definition) is 2. The number of nitrogens with zero attached hydrogens (tertiary/aromatic N) is 1. The molecule has 1 atom stereocenters. The molecular weight excluding hydrogens is 253 g/mol. The second-order valence-electron chi connectivity index (χ2n) is 4.92. The first-order valence-electron chi connectivity index (χ1n) is 5.92. The van der Waals surface area contributed by atoms with Crippen molar-refractivity contribution in [1.29, 1.82) is 0 Å². The molecule has 0 aromatic heterocycles. The largest absolute Gasteiger partial charge is 0.243 e. The maximum absolute atomic E-state index is 13.2. The molecule has 18 heavy (non-hydrogen) atoms. The van der Waals surface area contributed by atoms with Gasteiger partial charge < -0.3 is 0 Å². The SMILES string of the molecule is Cc1ccc(F)cc1S(=O)(=O)N(C)C(C)C(C)C.